The number of rotatable bonds is 4. The number of hydrogen-bond donors (Lipinski definition) is 3. The molecule has 1 heterocycles. The first-order chi connectivity index (χ1) is 10.1. The predicted octanol–water partition coefficient (Wildman–Crippen LogP) is 2.73. The van der Waals surface area contributed by atoms with Gasteiger partial charge in [-0.15, -0.1) is 0 Å². The van der Waals surface area contributed by atoms with Gasteiger partial charge in [0.05, 0.1) is 12.1 Å². The highest BCUT2D eigenvalue weighted by atomic mass is 16.4. The molecule has 1 atom stereocenters. The zero-order valence-corrected chi connectivity index (χ0v) is 11.7. The largest absolute Gasteiger partial charge is 0.423 e. The summed E-state index contributed by atoms with van der Waals surface area (Å²) >= 11 is 0. The minimum absolute atomic E-state index is 0.0854. The van der Waals surface area contributed by atoms with E-state index in [-0.39, 0.29) is 6.61 Å². The van der Waals surface area contributed by atoms with E-state index in [0.29, 0.717) is 17.3 Å². The molecule has 0 radical (unpaired) electrons. The summed E-state index contributed by atoms with van der Waals surface area (Å²) in [5.74, 6) is 0. The van der Waals surface area contributed by atoms with Gasteiger partial charge in [0, 0.05) is 11.8 Å². The lowest BCUT2D eigenvalue weighted by Gasteiger charge is -2.28. The third-order valence-corrected chi connectivity index (χ3v) is 3.52. The van der Waals surface area contributed by atoms with Gasteiger partial charge < -0.3 is 20.6 Å². The van der Waals surface area contributed by atoms with Gasteiger partial charge in [0.15, 0.2) is 5.58 Å². The smallest absolute Gasteiger partial charge is 0.296 e. The monoisotopic (exact) mass is 283 g/mol. The Balaban J connectivity index is 1.95. The van der Waals surface area contributed by atoms with E-state index in [1.165, 1.54) is 0 Å². The average Bonchev–Trinajstić information content (AvgIpc) is 2.89. The number of aliphatic hydroxyl groups excluding tert-OH is 1. The second-order valence-electron chi connectivity index (χ2n) is 5.23. The van der Waals surface area contributed by atoms with Crippen molar-refractivity contribution < 1.29 is 9.52 Å². The molecule has 3 aromatic rings. The second-order valence-corrected chi connectivity index (χ2v) is 5.23. The maximum atomic E-state index is 9.77. The molecular weight excluding hydrogens is 266 g/mol. The van der Waals surface area contributed by atoms with Crippen molar-refractivity contribution in [3.8, 4) is 0 Å². The van der Waals surface area contributed by atoms with Crippen molar-refractivity contribution >= 4 is 22.8 Å². The van der Waals surface area contributed by atoms with Crippen molar-refractivity contribution in [2.45, 2.75) is 12.5 Å². The number of aromatic nitrogens is 1. The minimum Gasteiger partial charge on any atom is -0.423 e. The molecular formula is C16H17N3O2. The molecule has 108 valence electrons. The van der Waals surface area contributed by atoms with Gasteiger partial charge in [0.2, 0.25) is 0 Å². The van der Waals surface area contributed by atoms with Crippen LogP contribution in [0, 0.1) is 0 Å². The lowest BCUT2D eigenvalue weighted by molar-refractivity contribution is 0.221. The van der Waals surface area contributed by atoms with E-state index in [4.69, 9.17) is 10.2 Å². The average molecular weight is 283 g/mol. The van der Waals surface area contributed by atoms with Gasteiger partial charge in [-0.2, -0.15) is 4.98 Å². The Kier molecular flexibility index (Phi) is 3.27. The van der Waals surface area contributed by atoms with Crippen molar-refractivity contribution in [1.82, 2.24) is 4.98 Å². The SMILES string of the molecule is CC(CO)(Nc1nc2ccc(N)cc2o1)c1ccccc1. The molecule has 2 aromatic carbocycles. The normalized spacial score (nSPS) is 14.0. The molecule has 0 aliphatic heterocycles. The van der Waals surface area contributed by atoms with Crippen molar-refractivity contribution in [3.05, 3.63) is 54.1 Å². The zero-order chi connectivity index (χ0) is 14.9. The molecule has 1 aromatic heterocycles. The summed E-state index contributed by atoms with van der Waals surface area (Å²) in [5.41, 5.74) is 7.97. The number of nitrogens with zero attached hydrogens (tertiary/aromatic N) is 1. The van der Waals surface area contributed by atoms with Gasteiger partial charge in [-0.25, -0.2) is 0 Å². The Morgan fingerprint density at radius 3 is 2.71 bits per heavy atom. The van der Waals surface area contributed by atoms with Crippen LogP contribution in [0.3, 0.4) is 0 Å². The molecule has 5 heteroatoms. The van der Waals surface area contributed by atoms with Gasteiger partial charge in [0.1, 0.15) is 5.52 Å². The van der Waals surface area contributed by atoms with Crippen LogP contribution >= 0.6 is 0 Å². The number of nitrogens with one attached hydrogen (secondary N) is 1. The number of nitrogens with two attached hydrogens (primary N) is 1. The molecule has 3 rings (SSSR count). The Hall–Kier alpha value is -2.53. The number of benzene rings is 2. The molecule has 0 aliphatic carbocycles. The van der Waals surface area contributed by atoms with E-state index >= 15 is 0 Å². The van der Waals surface area contributed by atoms with Gasteiger partial charge >= 0.3 is 0 Å². The van der Waals surface area contributed by atoms with E-state index < -0.39 is 5.54 Å². The van der Waals surface area contributed by atoms with Gasteiger partial charge in [-0.1, -0.05) is 30.3 Å². The number of fused-ring (bicyclic) bond motifs is 1. The van der Waals surface area contributed by atoms with E-state index in [9.17, 15) is 5.11 Å². The summed E-state index contributed by atoms with van der Waals surface area (Å²) in [6.07, 6.45) is 0. The number of hydrogen-bond acceptors (Lipinski definition) is 5. The van der Waals surface area contributed by atoms with Crippen LogP contribution in [0.5, 0.6) is 0 Å². The van der Waals surface area contributed by atoms with Crippen LogP contribution < -0.4 is 11.1 Å². The van der Waals surface area contributed by atoms with E-state index in [0.717, 1.165) is 11.1 Å². The van der Waals surface area contributed by atoms with Crippen molar-refractivity contribution in [1.29, 1.82) is 0 Å². The second kappa shape index (κ2) is 5.10. The molecule has 4 N–H and O–H groups in total. The quantitative estimate of drug-likeness (QED) is 0.641. The first kappa shape index (κ1) is 13.5. The summed E-state index contributed by atoms with van der Waals surface area (Å²) in [4.78, 5) is 4.37. The minimum atomic E-state index is -0.673. The molecule has 0 spiro atoms. The van der Waals surface area contributed by atoms with Crippen molar-refractivity contribution in [2.24, 2.45) is 0 Å². The highest BCUT2D eigenvalue weighted by Gasteiger charge is 2.27. The van der Waals surface area contributed by atoms with Crippen LogP contribution in [0.4, 0.5) is 11.7 Å². The van der Waals surface area contributed by atoms with Gasteiger partial charge in [0.25, 0.3) is 6.01 Å². The van der Waals surface area contributed by atoms with Crippen LogP contribution in [-0.4, -0.2) is 16.7 Å². The number of anilines is 2. The van der Waals surface area contributed by atoms with Crippen LogP contribution in [0.1, 0.15) is 12.5 Å². The van der Waals surface area contributed by atoms with Crippen LogP contribution in [0.2, 0.25) is 0 Å². The summed E-state index contributed by atoms with van der Waals surface area (Å²) in [5, 5.41) is 12.9. The molecule has 0 fully saturated rings. The van der Waals surface area contributed by atoms with E-state index in [1.807, 2.05) is 37.3 Å². The fraction of sp³-hybridized carbons (Fsp3) is 0.188. The first-order valence-electron chi connectivity index (χ1n) is 6.71. The first-order valence-corrected chi connectivity index (χ1v) is 6.71. The molecule has 0 aliphatic rings. The number of aliphatic hydroxyl groups is 1. The Labute approximate surface area is 122 Å². The number of oxazole rings is 1. The molecule has 0 amide bonds. The summed E-state index contributed by atoms with van der Waals surface area (Å²) in [6, 6.07) is 15.4. The predicted molar refractivity (Wildman–Crippen MR) is 82.9 cm³/mol. The van der Waals surface area contributed by atoms with Gasteiger partial charge in [-0.05, 0) is 24.6 Å². The summed E-state index contributed by atoms with van der Waals surface area (Å²) in [6.45, 7) is 1.81. The lowest BCUT2D eigenvalue weighted by Crippen LogP contribution is -2.35. The Morgan fingerprint density at radius 2 is 2.00 bits per heavy atom. The maximum absolute atomic E-state index is 9.77. The molecule has 0 bridgehead atoms. The highest BCUT2D eigenvalue weighted by molar-refractivity contribution is 5.78. The lowest BCUT2D eigenvalue weighted by atomic mass is 9.93. The van der Waals surface area contributed by atoms with Crippen LogP contribution in [-0.2, 0) is 5.54 Å². The maximum Gasteiger partial charge on any atom is 0.296 e. The Morgan fingerprint density at radius 1 is 1.24 bits per heavy atom. The third kappa shape index (κ3) is 2.55. The van der Waals surface area contributed by atoms with Crippen LogP contribution in [0.25, 0.3) is 11.1 Å². The molecule has 5 nitrogen and oxygen atoms in total. The number of nitrogen functional groups attached to an aromatic ring is 1. The molecule has 0 saturated carbocycles. The van der Waals surface area contributed by atoms with Crippen molar-refractivity contribution in [3.63, 3.8) is 0 Å². The molecule has 1 unspecified atom stereocenters. The summed E-state index contributed by atoms with van der Waals surface area (Å²) in [7, 11) is 0. The van der Waals surface area contributed by atoms with Crippen molar-refractivity contribution in [2.75, 3.05) is 17.7 Å². The fourth-order valence-electron chi connectivity index (χ4n) is 2.24. The topological polar surface area (TPSA) is 84.3 Å². The van der Waals surface area contributed by atoms with Crippen LogP contribution in [0.15, 0.2) is 52.9 Å². The highest BCUT2D eigenvalue weighted by Crippen LogP contribution is 2.28. The molecule has 0 saturated heterocycles. The fourth-order valence-corrected chi connectivity index (χ4v) is 2.24. The third-order valence-electron chi connectivity index (χ3n) is 3.52. The Bertz CT molecular complexity index is 755. The van der Waals surface area contributed by atoms with E-state index in [1.54, 1.807) is 18.2 Å². The summed E-state index contributed by atoms with van der Waals surface area (Å²) < 4.78 is 5.65. The zero-order valence-electron chi connectivity index (χ0n) is 11.7. The van der Waals surface area contributed by atoms with Gasteiger partial charge in [-0.3, -0.25) is 0 Å². The molecule has 21 heavy (non-hydrogen) atoms. The standard InChI is InChI=1S/C16H17N3O2/c1-16(10-20,11-5-3-2-4-6-11)19-15-18-13-8-7-12(17)9-14(13)21-15/h2-9,20H,10,17H2,1H3,(H,18,19). The van der Waals surface area contributed by atoms with E-state index in [2.05, 4.69) is 10.3 Å².